The number of rotatable bonds is 3. The average molecular weight is 297 g/mol. The summed E-state index contributed by atoms with van der Waals surface area (Å²) >= 11 is 1.62. The Bertz CT molecular complexity index is 747. The molecule has 3 aromatic rings. The van der Waals surface area contributed by atoms with Crippen LogP contribution in [0.3, 0.4) is 0 Å². The van der Waals surface area contributed by atoms with Crippen molar-refractivity contribution in [2.45, 2.75) is 6.54 Å². The van der Waals surface area contributed by atoms with E-state index in [1.165, 1.54) is 0 Å². The van der Waals surface area contributed by atoms with Gasteiger partial charge in [-0.25, -0.2) is 4.98 Å². The van der Waals surface area contributed by atoms with E-state index in [-0.39, 0.29) is 5.91 Å². The van der Waals surface area contributed by atoms with Gasteiger partial charge < -0.3 is 10.6 Å². The normalized spacial score (nSPS) is 10.7. The van der Waals surface area contributed by atoms with Crippen LogP contribution in [0.2, 0.25) is 0 Å². The van der Waals surface area contributed by atoms with Crippen molar-refractivity contribution in [2.75, 3.05) is 12.8 Å². The molecule has 3 rings (SSSR count). The molecule has 0 saturated heterocycles. The van der Waals surface area contributed by atoms with Crippen LogP contribution in [0.25, 0.3) is 10.2 Å². The van der Waals surface area contributed by atoms with E-state index in [4.69, 9.17) is 5.73 Å². The van der Waals surface area contributed by atoms with E-state index in [2.05, 4.69) is 4.98 Å². The largest absolute Gasteiger partial charge is 0.399 e. The minimum atomic E-state index is -0.0331. The quantitative estimate of drug-likeness (QED) is 0.755. The molecule has 1 amide bonds. The molecule has 5 heteroatoms. The van der Waals surface area contributed by atoms with Gasteiger partial charge in [-0.3, -0.25) is 4.79 Å². The molecule has 0 spiro atoms. The molecular formula is C16H15N3OS. The Kier molecular flexibility index (Phi) is 3.58. The highest BCUT2D eigenvalue weighted by Crippen LogP contribution is 2.22. The lowest BCUT2D eigenvalue weighted by Crippen LogP contribution is -2.26. The minimum absolute atomic E-state index is 0.0331. The molecule has 0 atom stereocenters. The molecule has 0 aliphatic rings. The van der Waals surface area contributed by atoms with Crippen molar-refractivity contribution in [3.8, 4) is 0 Å². The highest BCUT2D eigenvalue weighted by molar-refractivity contribution is 7.18. The SMILES string of the molecule is CN(Cc1nc2ccccc2s1)C(=O)c1ccc(N)cc1. The number of para-hydroxylation sites is 1. The number of hydrogen-bond acceptors (Lipinski definition) is 4. The van der Waals surface area contributed by atoms with E-state index in [0.29, 0.717) is 17.8 Å². The molecule has 1 heterocycles. The number of nitrogen functional groups attached to an aromatic ring is 1. The van der Waals surface area contributed by atoms with Crippen molar-refractivity contribution in [1.82, 2.24) is 9.88 Å². The van der Waals surface area contributed by atoms with Crippen LogP contribution in [0.5, 0.6) is 0 Å². The molecular weight excluding hydrogens is 282 g/mol. The third-order valence-electron chi connectivity index (χ3n) is 3.21. The molecule has 0 aliphatic carbocycles. The predicted octanol–water partition coefficient (Wildman–Crippen LogP) is 3.15. The fourth-order valence-electron chi connectivity index (χ4n) is 2.11. The smallest absolute Gasteiger partial charge is 0.253 e. The van der Waals surface area contributed by atoms with Crippen LogP contribution in [0.4, 0.5) is 5.69 Å². The third-order valence-corrected chi connectivity index (χ3v) is 4.24. The molecule has 0 fully saturated rings. The minimum Gasteiger partial charge on any atom is -0.399 e. The van der Waals surface area contributed by atoms with Gasteiger partial charge in [0.05, 0.1) is 16.8 Å². The Balaban J connectivity index is 1.77. The molecule has 0 aliphatic heterocycles. The summed E-state index contributed by atoms with van der Waals surface area (Å²) in [5, 5.41) is 0.933. The summed E-state index contributed by atoms with van der Waals surface area (Å²) in [5.74, 6) is -0.0331. The topological polar surface area (TPSA) is 59.2 Å². The number of carbonyl (C=O) groups is 1. The number of nitrogens with zero attached hydrogens (tertiary/aromatic N) is 2. The molecule has 106 valence electrons. The van der Waals surface area contributed by atoms with Gasteiger partial charge in [0.25, 0.3) is 5.91 Å². The lowest BCUT2D eigenvalue weighted by atomic mass is 10.2. The number of hydrogen-bond donors (Lipinski definition) is 1. The van der Waals surface area contributed by atoms with Crippen LogP contribution in [0, 0.1) is 0 Å². The summed E-state index contributed by atoms with van der Waals surface area (Å²) in [7, 11) is 1.78. The second-order valence-electron chi connectivity index (χ2n) is 4.86. The summed E-state index contributed by atoms with van der Waals surface area (Å²) in [6, 6.07) is 14.9. The van der Waals surface area contributed by atoms with Gasteiger partial charge in [-0.2, -0.15) is 0 Å². The third kappa shape index (κ3) is 2.87. The summed E-state index contributed by atoms with van der Waals surface area (Å²) in [5.41, 5.74) is 7.90. The van der Waals surface area contributed by atoms with Crippen LogP contribution in [-0.2, 0) is 6.54 Å². The average Bonchev–Trinajstić information content (AvgIpc) is 2.89. The zero-order chi connectivity index (χ0) is 14.8. The molecule has 21 heavy (non-hydrogen) atoms. The lowest BCUT2D eigenvalue weighted by molar-refractivity contribution is 0.0785. The number of fused-ring (bicyclic) bond motifs is 1. The van der Waals surface area contributed by atoms with Crippen molar-refractivity contribution < 1.29 is 4.79 Å². The van der Waals surface area contributed by atoms with Gasteiger partial charge in [0.2, 0.25) is 0 Å². The van der Waals surface area contributed by atoms with E-state index in [9.17, 15) is 4.79 Å². The van der Waals surface area contributed by atoms with Gasteiger partial charge in [-0.15, -0.1) is 11.3 Å². The van der Waals surface area contributed by atoms with Crippen LogP contribution < -0.4 is 5.73 Å². The Morgan fingerprint density at radius 2 is 1.90 bits per heavy atom. The predicted molar refractivity (Wildman–Crippen MR) is 86.3 cm³/mol. The summed E-state index contributed by atoms with van der Waals surface area (Å²) in [4.78, 5) is 18.6. The van der Waals surface area contributed by atoms with Gasteiger partial charge in [-0.05, 0) is 36.4 Å². The molecule has 4 nitrogen and oxygen atoms in total. The van der Waals surface area contributed by atoms with Gasteiger partial charge in [0.15, 0.2) is 0 Å². The first-order valence-corrected chi connectivity index (χ1v) is 7.40. The van der Waals surface area contributed by atoms with E-state index in [0.717, 1.165) is 15.2 Å². The maximum Gasteiger partial charge on any atom is 0.253 e. The Morgan fingerprint density at radius 1 is 1.19 bits per heavy atom. The Labute approximate surface area is 126 Å². The molecule has 2 N–H and O–H groups in total. The van der Waals surface area contributed by atoms with Gasteiger partial charge in [0, 0.05) is 18.3 Å². The number of thiazole rings is 1. The number of anilines is 1. The summed E-state index contributed by atoms with van der Waals surface area (Å²) in [6.45, 7) is 0.503. The molecule has 0 radical (unpaired) electrons. The fraction of sp³-hybridized carbons (Fsp3) is 0.125. The first-order valence-electron chi connectivity index (χ1n) is 6.59. The maximum absolute atomic E-state index is 12.3. The number of nitrogens with two attached hydrogens (primary N) is 1. The second kappa shape index (κ2) is 5.54. The van der Waals surface area contributed by atoms with Gasteiger partial charge in [0.1, 0.15) is 5.01 Å². The van der Waals surface area contributed by atoms with Crippen molar-refractivity contribution in [3.63, 3.8) is 0 Å². The Hall–Kier alpha value is -2.40. The van der Waals surface area contributed by atoms with Crippen molar-refractivity contribution >= 4 is 33.1 Å². The zero-order valence-electron chi connectivity index (χ0n) is 11.6. The van der Waals surface area contributed by atoms with Crippen molar-refractivity contribution in [1.29, 1.82) is 0 Å². The first-order chi connectivity index (χ1) is 10.1. The number of benzene rings is 2. The summed E-state index contributed by atoms with van der Waals surface area (Å²) in [6.07, 6.45) is 0. The van der Waals surface area contributed by atoms with Crippen LogP contribution in [-0.4, -0.2) is 22.8 Å². The van der Waals surface area contributed by atoms with Crippen LogP contribution in [0.1, 0.15) is 15.4 Å². The van der Waals surface area contributed by atoms with E-state index in [1.54, 1.807) is 47.5 Å². The Morgan fingerprint density at radius 3 is 2.62 bits per heavy atom. The highest BCUT2D eigenvalue weighted by Gasteiger charge is 2.14. The van der Waals surface area contributed by atoms with Gasteiger partial charge in [-0.1, -0.05) is 12.1 Å². The number of carbonyl (C=O) groups excluding carboxylic acids is 1. The molecule has 0 saturated carbocycles. The standard InChI is InChI=1S/C16H15N3OS/c1-19(16(20)11-6-8-12(17)9-7-11)10-15-18-13-4-2-3-5-14(13)21-15/h2-9H,10,17H2,1H3. The van der Waals surface area contributed by atoms with Crippen molar-refractivity contribution in [3.05, 3.63) is 59.1 Å². The van der Waals surface area contributed by atoms with Crippen molar-refractivity contribution in [2.24, 2.45) is 0 Å². The lowest BCUT2D eigenvalue weighted by Gasteiger charge is -2.15. The molecule has 0 unspecified atom stereocenters. The van der Waals surface area contributed by atoms with Crippen LogP contribution >= 0.6 is 11.3 Å². The first kappa shape index (κ1) is 13.6. The molecule has 2 aromatic carbocycles. The molecule has 0 bridgehead atoms. The second-order valence-corrected chi connectivity index (χ2v) is 5.97. The van der Waals surface area contributed by atoms with E-state index in [1.807, 2.05) is 24.3 Å². The van der Waals surface area contributed by atoms with Gasteiger partial charge >= 0.3 is 0 Å². The van der Waals surface area contributed by atoms with E-state index >= 15 is 0 Å². The van der Waals surface area contributed by atoms with Crippen LogP contribution in [0.15, 0.2) is 48.5 Å². The number of amides is 1. The zero-order valence-corrected chi connectivity index (χ0v) is 12.4. The number of aromatic nitrogens is 1. The molecule has 1 aromatic heterocycles. The highest BCUT2D eigenvalue weighted by atomic mass is 32.1. The summed E-state index contributed by atoms with van der Waals surface area (Å²) < 4.78 is 1.14. The monoisotopic (exact) mass is 297 g/mol. The van der Waals surface area contributed by atoms with E-state index < -0.39 is 0 Å². The fourth-order valence-corrected chi connectivity index (χ4v) is 3.13. The maximum atomic E-state index is 12.3.